The number of hydrogen-bond donors (Lipinski definition) is 1. The van der Waals surface area contributed by atoms with Gasteiger partial charge in [0, 0.05) is 42.3 Å². The molecule has 0 aliphatic carbocycles. The Morgan fingerprint density at radius 3 is 2.68 bits per heavy atom. The van der Waals surface area contributed by atoms with Crippen molar-refractivity contribution >= 4 is 35.0 Å². The van der Waals surface area contributed by atoms with Crippen LogP contribution in [-0.2, 0) is 6.61 Å². The molecule has 178 valence electrons. The maximum absolute atomic E-state index is 6.40. The highest BCUT2D eigenvalue weighted by atomic mass is 35.5. The van der Waals surface area contributed by atoms with Crippen LogP contribution in [-0.4, -0.2) is 55.2 Å². The zero-order valence-corrected chi connectivity index (χ0v) is 20.9. The van der Waals surface area contributed by atoms with Crippen LogP contribution in [0.3, 0.4) is 0 Å². The van der Waals surface area contributed by atoms with E-state index in [-0.39, 0.29) is 0 Å². The summed E-state index contributed by atoms with van der Waals surface area (Å²) in [6.45, 7) is 7.81. The third kappa shape index (κ3) is 5.94. The molecule has 0 amide bonds. The van der Waals surface area contributed by atoms with Gasteiger partial charge >= 0.3 is 0 Å². The van der Waals surface area contributed by atoms with Crippen LogP contribution in [0.4, 0.5) is 5.95 Å². The molecule has 0 bridgehead atoms. The van der Waals surface area contributed by atoms with E-state index < -0.39 is 0 Å². The lowest BCUT2D eigenvalue weighted by Gasteiger charge is -2.32. The van der Waals surface area contributed by atoms with E-state index in [1.54, 1.807) is 7.11 Å². The molecule has 1 saturated heterocycles. The molecule has 0 spiro atoms. The van der Waals surface area contributed by atoms with Gasteiger partial charge in [-0.25, -0.2) is 4.98 Å². The van der Waals surface area contributed by atoms with Crippen molar-refractivity contribution in [1.29, 1.82) is 0 Å². The van der Waals surface area contributed by atoms with Gasteiger partial charge in [0.2, 0.25) is 11.8 Å². The number of benzene rings is 2. The first-order valence-electron chi connectivity index (χ1n) is 10.9. The molecule has 2 aromatic carbocycles. The number of rotatable bonds is 8. The lowest BCUT2D eigenvalue weighted by molar-refractivity contribution is 0.282. The summed E-state index contributed by atoms with van der Waals surface area (Å²) in [4.78, 5) is 15.7. The zero-order chi connectivity index (χ0) is 24.1. The minimum atomic E-state index is 0.358. The van der Waals surface area contributed by atoms with Gasteiger partial charge in [0.25, 0.3) is 0 Å². The number of likely N-dealkylation sites (N-methyl/N-ethyl adjacent to an activating group) is 1. The highest BCUT2D eigenvalue weighted by molar-refractivity contribution is 7.99. The first-order valence-corrected chi connectivity index (χ1v) is 12.1. The molecule has 3 aromatic rings. The first-order chi connectivity index (χ1) is 16.4. The quantitative estimate of drug-likeness (QED) is 0.485. The number of piperazine rings is 1. The summed E-state index contributed by atoms with van der Waals surface area (Å²) in [5.41, 5.74) is 7.96. The average molecular weight is 498 g/mol. The van der Waals surface area contributed by atoms with Gasteiger partial charge in [0.05, 0.1) is 23.2 Å². The van der Waals surface area contributed by atoms with Crippen LogP contribution in [0.1, 0.15) is 11.1 Å². The van der Waals surface area contributed by atoms with E-state index in [0.717, 1.165) is 52.8 Å². The summed E-state index contributed by atoms with van der Waals surface area (Å²) in [6, 6.07) is 13.5. The van der Waals surface area contributed by atoms with E-state index in [4.69, 9.17) is 31.8 Å². The monoisotopic (exact) mass is 497 g/mol. The predicted octanol–water partition coefficient (Wildman–Crippen LogP) is 4.55. The topological polar surface area (TPSA) is 76.7 Å². The van der Waals surface area contributed by atoms with Gasteiger partial charge in [-0.2, -0.15) is 4.98 Å². The number of anilines is 1. The lowest BCUT2D eigenvalue weighted by Crippen LogP contribution is -2.45. The van der Waals surface area contributed by atoms with E-state index in [1.807, 2.05) is 48.7 Å². The highest BCUT2D eigenvalue weighted by Gasteiger charge is 2.19. The normalized spacial score (nSPS) is 14.1. The molecule has 34 heavy (non-hydrogen) atoms. The molecule has 2 heterocycles. The Bertz CT molecular complexity index is 1170. The van der Waals surface area contributed by atoms with Gasteiger partial charge in [-0.3, -0.25) is 0 Å². The highest BCUT2D eigenvalue weighted by Crippen LogP contribution is 2.37. The van der Waals surface area contributed by atoms with Gasteiger partial charge in [-0.15, -0.1) is 0 Å². The maximum atomic E-state index is 6.40. The summed E-state index contributed by atoms with van der Waals surface area (Å²) < 4.78 is 11.5. The van der Waals surface area contributed by atoms with E-state index >= 15 is 0 Å². The Morgan fingerprint density at radius 2 is 1.97 bits per heavy atom. The van der Waals surface area contributed by atoms with Crippen molar-refractivity contribution in [2.45, 2.75) is 16.4 Å². The molecule has 1 aliphatic rings. The van der Waals surface area contributed by atoms with Crippen molar-refractivity contribution < 1.29 is 9.47 Å². The van der Waals surface area contributed by atoms with Crippen molar-refractivity contribution in [2.75, 3.05) is 45.2 Å². The summed E-state index contributed by atoms with van der Waals surface area (Å²) >= 11 is 7.89. The van der Waals surface area contributed by atoms with Gasteiger partial charge in [0.15, 0.2) is 0 Å². The second kappa shape index (κ2) is 11.0. The molecule has 7 nitrogen and oxygen atoms in total. The summed E-state index contributed by atoms with van der Waals surface area (Å²) in [6.07, 6.45) is 1.82. The lowest BCUT2D eigenvalue weighted by atomic mass is 10.2. The Kier molecular flexibility index (Phi) is 7.82. The van der Waals surface area contributed by atoms with Crippen molar-refractivity contribution in [1.82, 2.24) is 14.9 Å². The summed E-state index contributed by atoms with van der Waals surface area (Å²) in [5, 5.41) is 0.548. The minimum Gasteiger partial charge on any atom is -0.497 e. The minimum absolute atomic E-state index is 0.358. The fraction of sp³-hybridized carbons (Fsp3) is 0.280. The van der Waals surface area contributed by atoms with Gasteiger partial charge in [-0.05, 0) is 36.9 Å². The molecule has 0 unspecified atom stereocenters. The van der Waals surface area contributed by atoms with Crippen LogP contribution in [0, 0.1) is 0 Å². The molecular weight excluding hydrogens is 470 g/mol. The smallest absolute Gasteiger partial charge is 0.232 e. The number of ether oxygens (including phenoxy) is 2. The zero-order valence-electron chi connectivity index (χ0n) is 19.3. The Labute approximate surface area is 209 Å². The fourth-order valence-electron chi connectivity index (χ4n) is 3.54. The molecule has 0 atom stereocenters. The van der Waals surface area contributed by atoms with Crippen molar-refractivity contribution in [3.8, 4) is 11.6 Å². The molecule has 2 N–H and O–H groups in total. The van der Waals surface area contributed by atoms with Gasteiger partial charge < -0.3 is 25.0 Å². The van der Waals surface area contributed by atoms with Crippen LogP contribution >= 0.6 is 23.4 Å². The second-order valence-electron chi connectivity index (χ2n) is 8.04. The van der Waals surface area contributed by atoms with Gasteiger partial charge in [0.1, 0.15) is 12.4 Å². The molecule has 0 saturated carbocycles. The number of hydrogen-bond acceptors (Lipinski definition) is 8. The first kappa shape index (κ1) is 24.2. The number of halogens is 1. The second-order valence-corrected chi connectivity index (χ2v) is 9.56. The maximum Gasteiger partial charge on any atom is 0.232 e. The molecule has 9 heteroatoms. The van der Waals surface area contributed by atoms with Crippen molar-refractivity contribution in [2.24, 2.45) is 5.73 Å². The molecule has 4 rings (SSSR count). The Morgan fingerprint density at radius 1 is 1.18 bits per heavy atom. The van der Waals surface area contributed by atoms with E-state index in [2.05, 4.69) is 28.4 Å². The van der Waals surface area contributed by atoms with Gasteiger partial charge in [-0.1, -0.05) is 48.1 Å². The largest absolute Gasteiger partial charge is 0.497 e. The standard InChI is InChI=1S/C25H28ClN5O2S/c1-17(27)21-8-7-20(14-22(21)26)34-23-15-28-25(31-11-9-30(2)10-12-31)29-24(23)33-16-18-5-4-6-19(13-18)32-3/h4-8,13-15H,1,9-12,16,27H2,2-3H3. The van der Waals surface area contributed by atoms with Crippen LogP contribution in [0.5, 0.6) is 11.6 Å². The number of aromatic nitrogens is 2. The summed E-state index contributed by atoms with van der Waals surface area (Å²) in [7, 11) is 3.77. The van der Waals surface area contributed by atoms with E-state index in [1.165, 1.54) is 11.8 Å². The van der Waals surface area contributed by atoms with E-state index in [0.29, 0.717) is 29.2 Å². The predicted molar refractivity (Wildman–Crippen MR) is 138 cm³/mol. The molecule has 1 aromatic heterocycles. The Hall–Kier alpha value is -2.94. The van der Waals surface area contributed by atoms with Crippen molar-refractivity contribution in [3.63, 3.8) is 0 Å². The third-order valence-electron chi connectivity index (χ3n) is 5.52. The van der Waals surface area contributed by atoms with Crippen molar-refractivity contribution in [3.05, 3.63) is 71.4 Å². The number of nitrogens with zero attached hydrogens (tertiary/aromatic N) is 4. The van der Waals surface area contributed by atoms with Crippen LogP contribution in [0.15, 0.2) is 65.0 Å². The fourth-order valence-corrected chi connectivity index (χ4v) is 4.77. The van der Waals surface area contributed by atoms with E-state index in [9.17, 15) is 0 Å². The molecular formula is C25H28ClN5O2S. The molecule has 0 radical (unpaired) electrons. The van der Waals surface area contributed by atoms with Crippen LogP contribution in [0.25, 0.3) is 5.70 Å². The van der Waals surface area contributed by atoms with Crippen LogP contribution in [0.2, 0.25) is 5.02 Å². The average Bonchev–Trinajstić information content (AvgIpc) is 2.84. The summed E-state index contributed by atoms with van der Waals surface area (Å²) in [5.74, 6) is 1.99. The third-order valence-corrected chi connectivity index (χ3v) is 6.82. The number of methoxy groups -OCH3 is 1. The molecule has 1 aliphatic heterocycles. The molecule has 1 fully saturated rings. The number of nitrogens with two attached hydrogens (primary N) is 1. The SMILES string of the molecule is C=C(N)c1ccc(Sc2cnc(N3CCN(C)CC3)nc2OCc2cccc(OC)c2)cc1Cl. The Balaban J connectivity index is 1.60. The van der Waals surface area contributed by atoms with Crippen LogP contribution < -0.4 is 20.1 Å².